The molecule has 0 aliphatic heterocycles. The number of carbonyl (C=O) groups excluding carboxylic acids is 1. The topological polar surface area (TPSA) is 89.0 Å². The van der Waals surface area contributed by atoms with Crippen LogP contribution in [0.3, 0.4) is 0 Å². The van der Waals surface area contributed by atoms with Gasteiger partial charge in [0.05, 0.1) is 11.5 Å². The summed E-state index contributed by atoms with van der Waals surface area (Å²) in [5.41, 5.74) is 1.81. The van der Waals surface area contributed by atoms with Crippen LogP contribution < -0.4 is 4.72 Å². The number of rotatable bonds is 6. The summed E-state index contributed by atoms with van der Waals surface area (Å²) in [6, 6.07) is 8.22. The summed E-state index contributed by atoms with van der Waals surface area (Å²) in [7, 11) is -3.33. The molecule has 0 aliphatic rings. The Morgan fingerprint density at radius 1 is 1.17 bits per heavy atom. The zero-order valence-electron chi connectivity index (χ0n) is 13.9. The number of benzene rings is 1. The van der Waals surface area contributed by atoms with Crippen LogP contribution in [0.1, 0.15) is 28.8 Å². The van der Waals surface area contributed by atoms with Crippen molar-refractivity contribution in [1.29, 1.82) is 0 Å². The Balaban J connectivity index is 2.10. The molecule has 0 saturated carbocycles. The lowest BCUT2D eigenvalue weighted by molar-refractivity contribution is 0.0994. The van der Waals surface area contributed by atoms with Gasteiger partial charge in [-0.3, -0.25) is 9.52 Å². The largest absolute Gasteiger partial charge is 0.293 e. The van der Waals surface area contributed by atoms with E-state index in [2.05, 4.69) is 14.7 Å². The third-order valence-corrected chi connectivity index (χ3v) is 4.71. The van der Waals surface area contributed by atoms with Crippen LogP contribution in [0.4, 0.5) is 5.69 Å². The van der Waals surface area contributed by atoms with E-state index in [4.69, 9.17) is 0 Å². The van der Waals surface area contributed by atoms with Gasteiger partial charge in [-0.25, -0.2) is 18.4 Å². The molecular weight excluding hydrogens is 346 g/mol. The first-order valence-electron chi connectivity index (χ1n) is 7.25. The number of carbonyl (C=O) groups is 1. The molecule has 1 aromatic carbocycles. The molecule has 2 aromatic rings. The van der Waals surface area contributed by atoms with Gasteiger partial charge in [-0.1, -0.05) is 11.8 Å². The molecule has 0 fully saturated rings. The van der Waals surface area contributed by atoms with E-state index in [1.54, 1.807) is 24.3 Å². The van der Waals surface area contributed by atoms with E-state index in [1.165, 1.54) is 11.8 Å². The van der Waals surface area contributed by atoms with Crippen LogP contribution in [0, 0.1) is 13.8 Å². The number of aromatic nitrogens is 2. The van der Waals surface area contributed by atoms with Crippen molar-refractivity contribution < 1.29 is 13.2 Å². The number of ketones is 1. The zero-order valence-corrected chi connectivity index (χ0v) is 15.5. The second kappa shape index (κ2) is 7.31. The minimum atomic E-state index is -3.33. The van der Waals surface area contributed by atoms with Crippen LogP contribution in [0.25, 0.3) is 0 Å². The average Bonchev–Trinajstić information content (AvgIpc) is 2.44. The molecule has 0 amide bonds. The maximum Gasteiger partial charge on any atom is 0.229 e. The molecule has 24 heavy (non-hydrogen) atoms. The summed E-state index contributed by atoms with van der Waals surface area (Å²) in [5, 5.41) is 0.448. The highest BCUT2D eigenvalue weighted by molar-refractivity contribution is 8.00. The van der Waals surface area contributed by atoms with E-state index >= 15 is 0 Å². The molecule has 8 heteroatoms. The average molecular weight is 365 g/mol. The number of aryl methyl sites for hydroxylation is 2. The van der Waals surface area contributed by atoms with Gasteiger partial charge < -0.3 is 0 Å². The third-order valence-electron chi connectivity index (χ3n) is 3.08. The van der Waals surface area contributed by atoms with Gasteiger partial charge >= 0.3 is 0 Å². The van der Waals surface area contributed by atoms with Crippen LogP contribution >= 0.6 is 11.8 Å². The van der Waals surface area contributed by atoms with Crippen LogP contribution in [-0.2, 0) is 10.0 Å². The molecule has 0 saturated heterocycles. The maximum atomic E-state index is 12.5. The lowest BCUT2D eigenvalue weighted by atomic mass is 10.1. The summed E-state index contributed by atoms with van der Waals surface area (Å²) in [4.78, 5) is 21.1. The molecule has 6 nitrogen and oxygen atoms in total. The summed E-state index contributed by atoms with van der Waals surface area (Å²) < 4.78 is 24.8. The molecule has 0 radical (unpaired) electrons. The molecule has 0 bridgehead atoms. The molecule has 1 N–H and O–H groups in total. The highest BCUT2D eigenvalue weighted by atomic mass is 32.2. The first kappa shape index (κ1) is 18.4. The molecule has 2 rings (SSSR count). The Kier molecular flexibility index (Phi) is 5.61. The molecule has 1 unspecified atom stereocenters. The van der Waals surface area contributed by atoms with Crippen molar-refractivity contribution in [3.05, 3.63) is 47.4 Å². The standard InChI is InChI=1S/C16H19N3O3S2/c1-10-9-15(18-12(3)17-10)23-11(2)16(20)13-5-7-14(8-6-13)19-24(4,21)22/h5-9,11,19H,1-4H3. The molecule has 0 aliphatic carbocycles. The molecule has 1 heterocycles. The highest BCUT2D eigenvalue weighted by Gasteiger charge is 2.18. The van der Waals surface area contributed by atoms with E-state index in [0.717, 1.165) is 17.0 Å². The Hall–Kier alpha value is -1.93. The summed E-state index contributed by atoms with van der Waals surface area (Å²) in [6.45, 7) is 5.53. The maximum absolute atomic E-state index is 12.5. The van der Waals surface area contributed by atoms with Gasteiger partial charge in [-0.15, -0.1) is 0 Å². The molecule has 0 spiro atoms. The normalized spacial score (nSPS) is 12.7. The number of hydrogen-bond donors (Lipinski definition) is 1. The minimum absolute atomic E-state index is 0.0418. The van der Waals surface area contributed by atoms with Crippen molar-refractivity contribution in [2.45, 2.75) is 31.0 Å². The predicted octanol–water partition coefficient (Wildman–Crippen LogP) is 2.83. The fourth-order valence-electron chi connectivity index (χ4n) is 2.13. The fourth-order valence-corrected chi connectivity index (χ4v) is 3.72. The van der Waals surface area contributed by atoms with Gasteiger partial charge in [0.25, 0.3) is 0 Å². The van der Waals surface area contributed by atoms with Gasteiger partial charge in [0.1, 0.15) is 10.9 Å². The smallest absolute Gasteiger partial charge is 0.229 e. The second-order valence-corrected chi connectivity index (χ2v) is 8.58. The van der Waals surface area contributed by atoms with Crippen LogP contribution in [-0.4, -0.2) is 35.7 Å². The highest BCUT2D eigenvalue weighted by Crippen LogP contribution is 2.25. The number of nitrogens with one attached hydrogen (secondary N) is 1. The SMILES string of the molecule is Cc1cc(SC(C)C(=O)c2ccc(NS(C)(=O)=O)cc2)nc(C)n1. The summed E-state index contributed by atoms with van der Waals surface area (Å²) >= 11 is 1.38. The van der Waals surface area contributed by atoms with Crippen molar-refractivity contribution in [1.82, 2.24) is 9.97 Å². The Labute approximate surface area is 146 Å². The number of sulfonamides is 1. The fraction of sp³-hybridized carbons (Fsp3) is 0.312. The number of thioether (sulfide) groups is 1. The predicted molar refractivity (Wildman–Crippen MR) is 96.1 cm³/mol. The number of anilines is 1. The van der Waals surface area contributed by atoms with Gasteiger partial charge in [-0.05, 0) is 51.1 Å². The monoisotopic (exact) mass is 365 g/mol. The van der Waals surface area contributed by atoms with E-state index in [1.807, 2.05) is 26.8 Å². The van der Waals surface area contributed by atoms with E-state index in [-0.39, 0.29) is 11.0 Å². The van der Waals surface area contributed by atoms with Crippen molar-refractivity contribution in [3.8, 4) is 0 Å². The lowest BCUT2D eigenvalue weighted by Crippen LogP contribution is -2.14. The number of Topliss-reactive ketones (excluding diaryl/α,β-unsaturated/α-hetero) is 1. The van der Waals surface area contributed by atoms with Gasteiger partial charge in [0.15, 0.2) is 5.78 Å². The Bertz CT molecular complexity index is 829. The van der Waals surface area contributed by atoms with E-state index < -0.39 is 10.0 Å². The van der Waals surface area contributed by atoms with Gasteiger partial charge in [0.2, 0.25) is 10.0 Å². The van der Waals surface area contributed by atoms with Crippen molar-refractivity contribution in [3.63, 3.8) is 0 Å². The molecular formula is C16H19N3O3S2. The van der Waals surface area contributed by atoms with E-state index in [9.17, 15) is 13.2 Å². The second-order valence-electron chi connectivity index (χ2n) is 5.47. The lowest BCUT2D eigenvalue weighted by Gasteiger charge is -2.11. The number of nitrogens with zero attached hydrogens (tertiary/aromatic N) is 2. The van der Waals surface area contributed by atoms with Crippen LogP contribution in [0.5, 0.6) is 0 Å². The van der Waals surface area contributed by atoms with Crippen molar-refractivity contribution >= 4 is 33.3 Å². The van der Waals surface area contributed by atoms with Crippen molar-refractivity contribution in [2.24, 2.45) is 0 Å². The first-order valence-corrected chi connectivity index (χ1v) is 10.0. The third kappa shape index (κ3) is 5.31. The van der Waals surface area contributed by atoms with Gasteiger partial charge in [0, 0.05) is 16.9 Å². The zero-order chi connectivity index (χ0) is 17.9. The van der Waals surface area contributed by atoms with Crippen LogP contribution in [0.2, 0.25) is 0 Å². The van der Waals surface area contributed by atoms with Crippen molar-refractivity contribution in [2.75, 3.05) is 11.0 Å². The summed E-state index contributed by atoms with van der Waals surface area (Å²) in [6.07, 6.45) is 1.08. The summed E-state index contributed by atoms with van der Waals surface area (Å²) in [5.74, 6) is 0.633. The van der Waals surface area contributed by atoms with E-state index in [0.29, 0.717) is 17.1 Å². The van der Waals surface area contributed by atoms with Gasteiger partial charge in [-0.2, -0.15) is 0 Å². The quantitative estimate of drug-likeness (QED) is 0.481. The molecule has 128 valence electrons. The minimum Gasteiger partial charge on any atom is -0.293 e. The first-order chi connectivity index (χ1) is 11.1. The van der Waals surface area contributed by atoms with Crippen LogP contribution in [0.15, 0.2) is 35.4 Å². The number of hydrogen-bond acceptors (Lipinski definition) is 6. The Morgan fingerprint density at radius 3 is 2.33 bits per heavy atom. The Morgan fingerprint density at radius 2 is 1.79 bits per heavy atom. The molecule has 1 atom stereocenters. The molecule has 1 aromatic heterocycles.